The molecule has 3 aliphatic heterocycles. The van der Waals surface area contributed by atoms with Gasteiger partial charge in [0.1, 0.15) is 0 Å². The molecule has 1 unspecified atom stereocenters. The van der Waals surface area contributed by atoms with E-state index in [1.807, 2.05) is 0 Å². The average Bonchev–Trinajstić information content (AvgIpc) is 2.40. The van der Waals surface area contributed by atoms with Gasteiger partial charge in [-0.3, -0.25) is 0 Å². The van der Waals surface area contributed by atoms with Crippen molar-refractivity contribution in [2.75, 3.05) is 26.2 Å². The maximum atomic E-state index is 3.63. The molecular formula is C10H20N2. The van der Waals surface area contributed by atoms with Gasteiger partial charge in [0.2, 0.25) is 0 Å². The zero-order chi connectivity index (χ0) is 8.39. The van der Waals surface area contributed by atoms with Crippen molar-refractivity contribution in [3.8, 4) is 0 Å². The van der Waals surface area contributed by atoms with Gasteiger partial charge in [0.05, 0.1) is 0 Å². The fourth-order valence-electron chi connectivity index (χ4n) is 2.67. The molecule has 12 heavy (non-hydrogen) atoms. The van der Waals surface area contributed by atoms with Crippen LogP contribution in [0.2, 0.25) is 0 Å². The van der Waals surface area contributed by atoms with Crippen LogP contribution < -0.4 is 5.32 Å². The van der Waals surface area contributed by atoms with Crippen LogP contribution in [0.3, 0.4) is 0 Å². The summed E-state index contributed by atoms with van der Waals surface area (Å²) in [6.07, 6.45) is 4.23. The van der Waals surface area contributed by atoms with Crippen molar-refractivity contribution in [3.05, 3.63) is 0 Å². The van der Waals surface area contributed by atoms with E-state index in [4.69, 9.17) is 0 Å². The van der Waals surface area contributed by atoms with E-state index in [2.05, 4.69) is 17.1 Å². The van der Waals surface area contributed by atoms with Crippen LogP contribution >= 0.6 is 0 Å². The molecule has 2 bridgehead atoms. The second-order valence-electron chi connectivity index (χ2n) is 4.13. The van der Waals surface area contributed by atoms with Crippen LogP contribution in [-0.2, 0) is 0 Å². The molecule has 0 aromatic carbocycles. The van der Waals surface area contributed by atoms with Crippen LogP contribution in [0.5, 0.6) is 0 Å². The number of hydrogen-bond donors (Lipinski definition) is 1. The van der Waals surface area contributed by atoms with Crippen molar-refractivity contribution >= 4 is 0 Å². The highest BCUT2D eigenvalue weighted by atomic mass is 15.1. The van der Waals surface area contributed by atoms with Gasteiger partial charge < -0.3 is 10.2 Å². The molecule has 2 heteroatoms. The maximum absolute atomic E-state index is 3.63. The molecule has 0 aliphatic carbocycles. The Morgan fingerprint density at radius 3 is 2.50 bits per heavy atom. The van der Waals surface area contributed by atoms with Crippen LogP contribution in [-0.4, -0.2) is 37.1 Å². The van der Waals surface area contributed by atoms with Crippen molar-refractivity contribution in [1.82, 2.24) is 10.2 Å². The van der Waals surface area contributed by atoms with Gasteiger partial charge >= 0.3 is 0 Å². The molecule has 3 heterocycles. The molecule has 3 aliphatic rings. The summed E-state index contributed by atoms with van der Waals surface area (Å²) in [7, 11) is 0. The van der Waals surface area contributed by atoms with Gasteiger partial charge in [-0.05, 0) is 51.4 Å². The Bertz CT molecular complexity index is 139. The summed E-state index contributed by atoms with van der Waals surface area (Å²) in [5.41, 5.74) is 0. The molecule has 0 spiro atoms. The van der Waals surface area contributed by atoms with Gasteiger partial charge in [0.25, 0.3) is 0 Å². The van der Waals surface area contributed by atoms with Crippen LogP contribution in [0.25, 0.3) is 0 Å². The lowest BCUT2D eigenvalue weighted by molar-refractivity contribution is 0.215. The Kier molecular flexibility index (Phi) is 2.66. The van der Waals surface area contributed by atoms with Crippen molar-refractivity contribution < 1.29 is 0 Å². The summed E-state index contributed by atoms with van der Waals surface area (Å²) in [5, 5.41) is 3.63. The van der Waals surface area contributed by atoms with E-state index < -0.39 is 0 Å². The number of hydrogen-bond acceptors (Lipinski definition) is 2. The Morgan fingerprint density at radius 2 is 1.83 bits per heavy atom. The zero-order valence-corrected chi connectivity index (χ0v) is 8.05. The van der Waals surface area contributed by atoms with E-state index in [1.54, 1.807) is 0 Å². The Hall–Kier alpha value is -0.0800. The summed E-state index contributed by atoms with van der Waals surface area (Å²) in [4.78, 5) is 2.62. The lowest BCUT2D eigenvalue weighted by Crippen LogP contribution is -2.37. The molecule has 3 fully saturated rings. The molecule has 0 aromatic heterocycles. The van der Waals surface area contributed by atoms with Crippen molar-refractivity contribution in [1.29, 1.82) is 0 Å². The van der Waals surface area contributed by atoms with Crippen molar-refractivity contribution in [2.45, 2.75) is 32.2 Å². The molecule has 1 atom stereocenters. The second kappa shape index (κ2) is 3.75. The van der Waals surface area contributed by atoms with Gasteiger partial charge in [-0.1, -0.05) is 6.92 Å². The molecule has 0 saturated carbocycles. The minimum Gasteiger partial charge on any atom is -0.314 e. The Labute approximate surface area is 75.3 Å². The van der Waals surface area contributed by atoms with Gasteiger partial charge in [-0.15, -0.1) is 0 Å². The fraction of sp³-hybridized carbons (Fsp3) is 1.00. The predicted octanol–water partition coefficient (Wildman–Crippen LogP) is 1.08. The summed E-state index contributed by atoms with van der Waals surface area (Å²) in [6, 6.07) is 0.822. The average molecular weight is 168 g/mol. The molecule has 2 nitrogen and oxygen atoms in total. The van der Waals surface area contributed by atoms with Crippen LogP contribution in [0, 0.1) is 5.92 Å². The molecule has 3 rings (SSSR count). The number of fused-ring (bicyclic) bond motifs is 4. The highest BCUT2D eigenvalue weighted by Gasteiger charge is 2.29. The zero-order valence-electron chi connectivity index (χ0n) is 8.05. The normalized spacial score (nSPS) is 41.2. The minimum atomic E-state index is 0.822. The fourth-order valence-corrected chi connectivity index (χ4v) is 2.67. The molecule has 0 aromatic rings. The van der Waals surface area contributed by atoms with Crippen LogP contribution in [0.1, 0.15) is 26.2 Å². The first-order valence-corrected chi connectivity index (χ1v) is 5.36. The number of piperidine rings is 1. The topological polar surface area (TPSA) is 15.3 Å². The summed E-state index contributed by atoms with van der Waals surface area (Å²) in [6.45, 7) is 7.39. The van der Waals surface area contributed by atoms with Gasteiger partial charge in [-0.25, -0.2) is 0 Å². The van der Waals surface area contributed by atoms with Gasteiger partial charge in [0.15, 0.2) is 0 Å². The molecule has 3 saturated heterocycles. The largest absolute Gasteiger partial charge is 0.314 e. The summed E-state index contributed by atoms with van der Waals surface area (Å²) >= 11 is 0. The maximum Gasteiger partial charge on any atom is 0.0108 e. The number of nitrogens with zero attached hydrogens (tertiary/aromatic N) is 1. The highest BCUT2D eigenvalue weighted by Crippen LogP contribution is 2.26. The minimum absolute atomic E-state index is 0.822. The third kappa shape index (κ3) is 1.64. The predicted molar refractivity (Wildman–Crippen MR) is 51.2 cm³/mol. The van der Waals surface area contributed by atoms with Gasteiger partial charge in [-0.2, -0.15) is 0 Å². The SMILES string of the molecule is CCNC1CCN2CCC1CC2. The first-order valence-electron chi connectivity index (χ1n) is 5.36. The van der Waals surface area contributed by atoms with E-state index in [0.29, 0.717) is 0 Å². The first-order chi connectivity index (χ1) is 5.90. The molecular weight excluding hydrogens is 148 g/mol. The lowest BCUT2D eigenvalue weighted by atomic mass is 9.91. The monoisotopic (exact) mass is 168 g/mol. The van der Waals surface area contributed by atoms with E-state index in [9.17, 15) is 0 Å². The smallest absolute Gasteiger partial charge is 0.0108 e. The number of rotatable bonds is 2. The Morgan fingerprint density at radius 1 is 1.17 bits per heavy atom. The molecule has 70 valence electrons. The highest BCUT2D eigenvalue weighted by molar-refractivity contribution is 4.86. The standard InChI is InChI=1S/C10H20N2/c1-2-11-10-5-8-12-6-3-9(10)4-7-12/h9-11H,2-8H2,1H3. The van der Waals surface area contributed by atoms with E-state index in [-0.39, 0.29) is 0 Å². The number of nitrogens with one attached hydrogen (secondary N) is 1. The molecule has 0 amide bonds. The van der Waals surface area contributed by atoms with Crippen LogP contribution in [0.4, 0.5) is 0 Å². The van der Waals surface area contributed by atoms with E-state index >= 15 is 0 Å². The van der Waals surface area contributed by atoms with Crippen molar-refractivity contribution in [3.63, 3.8) is 0 Å². The quantitative estimate of drug-likeness (QED) is 0.664. The lowest BCUT2D eigenvalue weighted by Gasteiger charge is -2.29. The summed E-state index contributed by atoms with van der Waals surface area (Å²) < 4.78 is 0. The Balaban J connectivity index is 1.96. The first kappa shape index (κ1) is 8.52. The third-order valence-electron chi connectivity index (χ3n) is 3.42. The van der Waals surface area contributed by atoms with Gasteiger partial charge in [0, 0.05) is 6.04 Å². The van der Waals surface area contributed by atoms with E-state index in [1.165, 1.54) is 38.9 Å². The van der Waals surface area contributed by atoms with Crippen molar-refractivity contribution in [2.24, 2.45) is 5.92 Å². The van der Waals surface area contributed by atoms with Crippen LogP contribution in [0.15, 0.2) is 0 Å². The summed E-state index contributed by atoms with van der Waals surface area (Å²) in [5.74, 6) is 0.976. The molecule has 1 N–H and O–H groups in total. The molecule has 0 radical (unpaired) electrons. The second-order valence-corrected chi connectivity index (χ2v) is 4.13. The third-order valence-corrected chi connectivity index (χ3v) is 3.42. The van der Waals surface area contributed by atoms with E-state index in [0.717, 1.165) is 18.5 Å².